The van der Waals surface area contributed by atoms with Crippen LogP contribution in [0.1, 0.15) is 5.56 Å². The van der Waals surface area contributed by atoms with Crippen LogP contribution in [0.2, 0.25) is 0 Å². The summed E-state index contributed by atoms with van der Waals surface area (Å²) in [6.07, 6.45) is 6.52. The van der Waals surface area contributed by atoms with Gasteiger partial charge in [0.25, 0.3) is 0 Å². The minimum atomic E-state index is -0.588. The third kappa shape index (κ3) is 2.98. The van der Waals surface area contributed by atoms with Gasteiger partial charge in [-0.25, -0.2) is 4.68 Å². The number of aromatic nitrogens is 3. The molecule has 0 saturated heterocycles. The number of aryl methyl sites for hydroxylation is 1. The molecule has 1 aromatic carbocycles. The van der Waals surface area contributed by atoms with Crippen LogP contribution in [0.15, 0.2) is 42.9 Å². The van der Waals surface area contributed by atoms with Gasteiger partial charge in [0.15, 0.2) is 0 Å². The Morgan fingerprint density at radius 1 is 1.29 bits per heavy atom. The van der Waals surface area contributed by atoms with Crippen LogP contribution in [-0.4, -0.2) is 27.8 Å². The number of carbonyl (C=O) groups excluding carboxylic acids is 1. The predicted octanol–water partition coefficient (Wildman–Crippen LogP) is 2.63. The summed E-state index contributed by atoms with van der Waals surface area (Å²) in [7, 11) is 1.60. The lowest BCUT2D eigenvalue weighted by Crippen LogP contribution is -2.08. The van der Waals surface area contributed by atoms with Crippen molar-refractivity contribution < 1.29 is 9.53 Å². The molecule has 0 atom stereocenters. The lowest BCUT2D eigenvalue weighted by molar-refractivity contribution is -0.113. The Labute approximate surface area is 144 Å². The Morgan fingerprint density at radius 2 is 2.08 bits per heavy atom. The van der Waals surface area contributed by atoms with E-state index in [1.54, 1.807) is 30.4 Å². The first-order valence-corrected chi connectivity index (χ1v) is 7.62. The molecule has 1 amide bonds. The Kier molecular flexibility index (Phi) is 4.26. The highest BCUT2D eigenvalue weighted by Crippen LogP contribution is 2.34. The van der Waals surface area contributed by atoms with Crippen molar-refractivity contribution in [2.45, 2.75) is 6.92 Å². The van der Waals surface area contributed by atoms with Crippen LogP contribution < -0.4 is 10.5 Å². The molecule has 122 valence electrons. The van der Waals surface area contributed by atoms with Crippen LogP contribution in [-0.2, 0) is 4.79 Å². The average Bonchev–Trinajstić information content (AvgIpc) is 2.97. The second-order valence-corrected chi connectivity index (χ2v) is 5.78. The minimum absolute atomic E-state index is 0.332. The monoisotopic (exact) mass is 340 g/mol. The van der Waals surface area contributed by atoms with E-state index in [0.717, 1.165) is 27.6 Å². The minimum Gasteiger partial charge on any atom is -0.497 e. The molecule has 2 N–H and O–H groups in total. The van der Waals surface area contributed by atoms with Crippen molar-refractivity contribution in [2.75, 3.05) is 7.11 Å². The molecule has 2 heterocycles. The first kappa shape index (κ1) is 16.1. The molecule has 0 radical (unpaired) electrons. The molecule has 0 saturated carbocycles. The number of methoxy groups -OCH3 is 1. The molecule has 3 rings (SSSR count). The number of primary amides is 1. The van der Waals surface area contributed by atoms with Gasteiger partial charge in [0, 0.05) is 35.5 Å². The Balaban J connectivity index is 2.28. The van der Waals surface area contributed by atoms with E-state index < -0.39 is 5.91 Å². The molecule has 7 heteroatoms. The van der Waals surface area contributed by atoms with Crippen LogP contribution in [0.25, 0.3) is 27.1 Å². The molecule has 0 unspecified atom stereocenters. The van der Waals surface area contributed by atoms with E-state index in [0.29, 0.717) is 10.8 Å². The molecule has 0 bridgehead atoms. The summed E-state index contributed by atoms with van der Waals surface area (Å²) in [5.41, 5.74) is 8.91. The number of thiol groups is 1. The first-order chi connectivity index (χ1) is 11.5. The maximum absolute atomic E-state index is 11.1. The van der Waals surface area contributed by atoms with Crippen LogP contribution in [0.5, 0.6) is 5.75 Å². The topological polar surface area (TPSA) is 83.0 Å². The Hall–Kier alpha value is -2.80. The number of carbonyl (C=O) groups is 1. The molecule has 6 nitrogen and oxygen atoms in total. The lowest BCUT2D eigenvalue weighted by atomic mass is 10.0. The fourth-order valence-corrected chi connectivity index (χ4v) is 2.82. The summed E-state index contributed by atoms with van der Waals surface area (Å²) in [5, 5.41) is 5.55. The van der Waals surface area contributed by atoms with Gasteiger partial charge in [0.2, 0.25) is 5.91 Å². The maximum atomic E-state index is 11.1. The highest BCUT2D eigenvalue weighted by molar-refractivity contribution is 7.90. The van der Waals surface area contributed by atoms with E-state index in [-0.39, 0.29) is 0 Å². The van der Waals surface area contributed by atoms with Crippen molar-refractivity contribution in [3.8, 4) is 16.9 Å². The molecule has 0 aliphatic carbocycles. The molecule has 24 heavy (non-hydrogen) atoms. The fourth-order valence-electron chi connectivity index (χ4n) is 2.53. The number of nitrogens with zero attached hydrogens (tertiary/aromatic N) is 3. The predicted molar refractivity (Wildman–Crippen MR) is 96.7 cm³/mol. The molecule has 2 aromatic heterocycles. The summed E-state index contributed by atoms with van der Waals surface area (Å²) in [6.45, 7) is 1.98. The van der Waals surface area contributed by atoms with E-state index in [2.05, 4.69) is 22.7 Å². The van der Waals surface area contributed by atoms with Crippen LogP contribution in [0.3, 0.4) is 0 Å². The summed E-state index contributed by atoms with van der Waals surface area (Å²) in [4.78, 5) is 15.4. The molecular weight excluding hydrogens is 324 g/mol. The number of hydrogen-bond donors (Lipinski definition) is 2. The third-order valence-electron chi connectivity index (χ3n) is 3.57. The smallest absolute Gasteiger partial charge is 0.244 e. The third-order valence-corrected chi connectivity index (χ3v) is 3.89. The van der Waals surface area contributed by atoms with Crippen LogP contribution in [0.4, 0.5) is 0 Å². The summed E-state index contributed by atoms with van der Waals surface area (Å²) >= 11 is 4.31. The quantitative estimate of drug-likeness (QED) is 0.565. The van der Waals surface area contributed by atoms with E-state index >= 15 is 0 Å². The number of ether oxygens (including phenoxy) is 1. The van der Waals surface area contributed by atoms with Crippen molar-refractivity contribution >= 4 is 34.5 Å². The van der Waals surface area contributed by atoms with Gasteiger partial charge in [0.05, 0.1) is 18.8 Å². The fraction of sp³-hybridized carbons (Fsp3) is 0.118. The SMILES string of the molecule is COc1cc(-c2cncc(C)c2)c2cnn(/C(S)=C/C(N)=O)c2c1. The standard InChI is InChI=1S/C17H16N4O2S/c1-10-3-11(8-19-7-10)13-4-12(23-2)5-15-14(13)9-20-21(15)17(24)6-16(18)22/h3-9,24H,1-2H3,(H2,18,22)/b17-6-. The van der Waals surface area contributed by atoms with Gasteiger partial charge < -0.3 is 10.5 Å². The maximum Gasteiger partial charge on any atom is 0.244 e. The van der Waals surface area contributed by atoms with Gasteiger partial charge in [-0.2, -0.15) is 5.10 Å². The number of hydrogen-bond acceptors (Lipinski definition) is 5. The van der Waals surface area contributed by atoms with Gasteiger partial charge in [-0.1, -0.05) is 0 Å². The van der Waals surface area contributed by atoms with Gasteiger partial charge in [-0.3, -0.25) is 9.78 Å². The van der Waals surface area contributed by atoms with Crippen molar-refractivity contribution in [2.24, 2.45) is 5.73 Å². The number of pyridine rings is 1. The zero-order valence-electron chi connectivity index (χ0n) is 13.2. The average molecular weight is 340 g/mol. The second kappa shape index (κ2) is 6.37. The van der Waals surface area contributed by atoms with E-state index in [1.165, 1.54) is 6.08 Å². The largest absolute Gasteiger partial charge is 0.497 e. The van der Waals surface area contributed by atoms with E-state index in [1.807, 2.05) is 25.1 Å². The molecule has 0 aliphatic rings. The molecule has 0 fully saturated rings. The van der Waals surface area contributed by atoms with Crippen LogP contribution >= 0.6 is 12.6 Å². The van der Waals surface area contributed by atoms with Crippen molar-refractivity contribution in [3.63, 3.8) is 0 Å². The Bertz CT molecular complexity index is 962. The van der Waals surface area contributed by atoms with Crippen molar-refractivity contribution in [1.29, 1.82) is 0 Å². The highest BCUT2D eigenvalue weighted by Gasteiger charge is 2.13. The summed E-state index contributed by atoms with van der Waals surface area (Å²) in [6, 6.07) is 5.81. The molecular formula is C17H16N4O2S. The number of nitrogens with two attached hydrogens (primary N) is 1. The molecule has 3 aromatic rings. The second-order valence-electron chi connectivity index (χ2n) is 5.32. The normalized spacial score (nSPS) is 11.7. The summed E-state index contributed by atoms with van der Waals surface area (Å²) in [5.74, 6) is 0.0793. The van der Waals surface area contributed by atoms with Crippen LogP contribution in [0, 0.1) is 6.92 Å². The Morgan fingerprint density at radius 3 is 2.75 bits per heavy atom. The van der Waals surface area contributed by atoms with Crippen molar-refractivity contribution in [3.05, 3.63) is 48.4 Å². The van der Waals surface area contributed by atoms with Gasteiger partial charge in [0.1, 0.15) is 10.8 Å². The zero-order chi connectivity index (χ0) is 17.3. The highest BCUT2D eigenvalue weighted by atomic mass is 32.1. The lowest BCUT2D eigenvalue weighted by Gasteiger charge is -2.09. The number of fused-ring (bicyclic) bond motifs is 1. The van der Waals surface area contributed by atoms with Crippen molar-refractivity contribution in [1.82, 2.24) is 14.8 Å². The van der Waals surface area contributed by atoms with E-state index in [9.17, 15) is 4.79 Å². The van der Waals surface area contributed by atoms with E-state index in [4.69, 9.17) is 10.5 Å². The van der Waals surface area contributed by atoms with Gasteiger partial charge in [-0.05, 0) is 30.2 Å². The molecule has 0 aliphatic heterocycles. The molecule has 0 spiro atoms. The first-order valence-electron chi connectivity index (χ1n) is 7.18. The number of benzene rings is 1. The number of rotatable bonds is 4. The summed E-state index contributed by atoms with van der Waals surface area (Å²) < 4.78 is 6.94. The van der Waals surface area contributed by atoms with Gasteiger partial charge >= 0.3 is 0 Å². The van der Waals surface area contributed by atoms with Gasteiger partial charge in [-0.15, -0.1) is 12.6 Å². The number of amides is 1. The zero-order valence-corrected chi connectivity index (χ0v) is 14.1.